The zero-order chi connectivity index (χ0) is 22.2. The Morgan fingerprint density at radius 2 is 1.68 bits per heavy atom. The van der Waals surface area contributed by atoms with E-state index in [0.717, 1.165) is 5.56 Å². The van der Waals surface area contributed by atoms with Crippen molar-refractivity contribution < 1.29 is 23.9 Å². The summed E-state index contributed by atoms with van der Waals surface area (Å²) >= 11 is 6.00. The van der Waals surface area contributed by atoms with Crippen molar-refractivity contribution in [1.82, 2.24) is 9.80 Å². The fourth-order valence-electron chi connectivity index (χ4n) is 3.39. The van der Waals surface area contributed by atoms with Gasteiger partial charge in [-0.1, -0.05) is 23.7 Å². The molecule has 0 aromatic heterocycles. The van der Waals surface area contributed by atoms with Gasteiger partial charge in [0.1, 0.15) is 5.75 Å². The van der Waals surface area contributed by atoms with E-state index in [0.29, 0.717) is 48.9 Å². The Balaban J connectivity index is 1.55. The van der Waals surface area contributed by atoms with Crippen molar-refractivity contribution in [3.05, 3.63) is 64.7 Å². The smallest absolute Gasteiger partial charge is 0.434 e. The molecule has 1 saturated heterocycles. The van der Waals surface area contributed by atoms with Crippen LogP contribution < -0.4 is 4.74 Å². The maximum atomic E-state index is 12.9. The van der Waals surface area contributed by atoms with Gasteiger partial charge in [0.05, 0.1) is 13.0 Å². The first kappa shape index (κ1) is 22.6. The van der Waals surface area contributed by atoms with Crippen molar-refractivity contribution in [2.24, 2.45) is 0 Å². The summed E-state index contributed by atoms with van der Waals surface area (Å²) in [4.78, 5) is 40.5. The summed E-state index contributed by atoms with van der Waals surface area (Å²) in [7, 11) is 0. The maximum absolute atomic E-state index is 12.9. The Hall–Kier alpha value is -3.06. The summed E-state index contributed by atoms with van der Waals surface area (Å²) in [5, 5.41) is 0.608. The van der Waals surface area contributed by atoms with Gasteiger partial charge in [-0.2, -0.15) is 0 Å². The summed E-state index contributed by atoms with van der Waals surface area (Å²) in [6.45, 7) is 4.03. The lowest BCUT2D eigenvalue weighted by molar-refractivity contribution is -0.130. The van der Waals surface area contributed by atoms with Crippen LogP contribution in [0.1, 0.15) is 29.3 Å². The second-order valence-corrected chi connectivity index (χ2v) is 7.58. The summed E-state index contributed by atoms with van der Waals surface area (Å²) in [6.07, 6.45) is 0.213. The van der Waals surface area contributed by atoms with Crippen LogP contribution in [0.25, 0.3) is 0 Å². The van der Waals surface area contributed by atoms with E-state index in [1.165, 1.54) is 0 Å². The van der Waals surface area contributed by atoms with Crippen molar-refractivity contribution in [3.63, 3.8) is 0 Å². The molecule has 1 heterocycles. The van der Waals surface area contributed by atoms with Crippen molar-refractivity contribution in [2.75, 3.05) is 32.8 Å². The molecule has 0 N–H and O–H groups in total. The molecule has 1 aliphatic rings. The van der Waals surface area contributed by atoms with Gasteiger partial charge in [-0.25, -0.2) is 4.79 Å². The number of benzene rings is 2. The Kier molecular flexibility index (Phi) is 7.89. The van der Waals surface area contributed by atoms with E-state index < -0.39 is 6.16 Å². The van der Waals surface area contributed by atoms with Gasteiger partial charge in [0, 0.05) is 36.8 Å². The molecular weight excluding hydrogens is 420 g/mol. The van der Waals surface area contributed by atoms with Crippen LogP contribution in [0.5, 0.6) is 5.75 Å². The molecule has 0 saturated carbocycles. The fraction of sp³-hybridized carbons (Fsp3) is 0.348. The first-order valence-electron chi connectivity index (χ1n) is 10.2. The standard InChI is InChI=1S/C23H25ClN2O5/c1-2-30-23(29)31-20-9-7-18(8-10-20)22(28)26-12-4-11-25(13-14-26)21(27)16-17-5-3-6-19(24)15-17/h3,5-10,15H,2,4,11-14,16H2,1H3. The van der Waals surface area contributed by atoms with E-state index in [9.17, 15) is 14.4 Å². The van der Waals surface area contributed by atoms with Gasteiger partial charge in [-0.05, 0) is 55.3 Å². The SMILES string of the molecule is CCOC(=O)Oc1ccc(C(=O)N2CCCN(C(=O)Cc3cccc(Cl)c3)CC2)cc1. The van der Waals surface area contributed by atoms with Crippen LogP contribution in [-0.4, -0.2) is 60.6 Å². The van der Waals surface area contributed by atoms with Crippen LogP contribution >= 0.6 is 11.6 Å². The number of rotatable bonds is 5. The Labute approximate surface area is 186 Å². The van der Waals surface area contributed by atoms with E-state index in [2.05, 4.69) is 0 Å². The average Bonchev–Trinajstić information content (AvgIpc) is 3.00. The fourth-order valence-corrected chi connectivity index (χ4v) is 3.61. The molecule has 0 atom stereocenters. The highest BCUT2D eigenvalue weighted by Gasteiger charge is 2.23. The van der Waals surface area contributed by atoms with Crippen molar-refractivity contribution in [3.8, 4) is 5.75 Å². The number of ether oxygens (including phenoxy) is 2. The van der Waals surface area contributed by atoms with Gasteiger partial charge in [-0.15, -0.1) is 0 Å². The van der Waals surface area contributed by atoms with Crippen LogP contribution in [-0.2, 0) is 16.0 Å². The van der Waals surface area contributed by atoms with Crippen LogP contribution in [0.3, 0.4) is 0 Å². The minimum Gasteiger partial charge on any atom is -0.434 e. The highest BCUT2D eigenvalue weighted by molar-refractivity contribution is 6.30. The predicted octanol–water partition coefficient (Wildman–Crippen LogP) is 3.79. The zero-order valence-electron chi connectivity index (χ0n) is 17.4. The zero-order valence-corrected chi connectivity index (χ0v) is 18.1. The number of nitrogens with zero attached hydrogens (tertiary/aromatic N) is 2. The molecule has 2 aromatic carbocycles. The molecule has 0 unspecified atom stereocenters. The summed E-state index contributed by atoms with van der Waals surface area (Å²) < 4.78 is 9.74. The molecule has 1 aliphatic heterocycles. The van der Waals surface area contributed by atoms with Crippen LogP contribution in [0.2, 0.25) is 5.02 Å². The summed E-state index contributed by atoms with van der Waals surface area (Å²) in [6, 6.07) is 13.6. The molecule has 1 fully saturated rings. The monoisotopic (exact) mass is 444 g/mol. The lowest BCUT2D eigenvalue weighted by Crippen LogP contribution is -2.38. The predicted molar refractivity (Wildman–Crippen MR) is 116 cm³/mol. The molecule has 164 valence electrons. The molecule has 0 bridgehead atoms. The highest BCUT2D eigenvalue weighted by atomic mass is 35.5. The molecule has 7 nitrogen and oxygen atoms in total. The molecule has 0 spiro atoms. The largest absolute Gasteiger partial charge is 0.513 e. The minimum atomic E-state index is -0.781. The first-order chi connectivity index (χ1) is 15.0. The van der Waals surface area contributed by atoms with Gasteiger partial charge >= 0.3 is 6.16 Å². The number of hydrogen-bond acceptors (Lipinski definition) is 5. The van der Waals surface area contributed by atoms with E-state index in [1.54, 1.807) is 53.1 Å². The van der Waals surface area contributed by atoms with Crippen LogP contribution in [0, 0.1) is 0 Å². The van der Waals surface area contributed by atoms with Gasteiger partial charge in [0.25, 0.3) is 5.91 Å². The van der Waals surface area contributed by atoms with Crippen molar-refractivity contribution in [1.29, 1.82) is 0 Å². The average molecular weight is 445 g/mol. The maximum Gasteiger partial charge on any atom is 0.513 e. The lowest BCUT2D eigenvalue weighted by Gasteiger charge is -2.22. The van der Waals surface area contributed by atoms with Gasteiger partial charge in [-0.3, -0.25) is 9.59 Å². The lowest BCUT2D eigenvalue weighted by atomic mass is 10.1. The minimum absolute atomic E-state index is 0.0250. The van der Waals surface area contributed by atoms with Gasteiger partial charge < -0.3 is 19.3 Å². The molecule has 3 rings (SSSR count). The van der Waals surface area contributed by atoms with E-state index in [-0.39, 0.29) is 24.8 Å². The van der Waals surface area contributed by atoms with Gasteiger partial charge in [0.2, 0.25) is 5.91 Å². The third-order valence-electron chi connectivity index (χ3n) is 4.94. The Bertz CT molecular complexity index is 932. The number of carbonyl (C=O) groups is 3. The Morgan fingerprint density at radius 3 is 2.39 bits per heavy atom. The van der Waals surface area contributed by atoms with Crippen LogP contribution in [0.15, 0.2) is 48.5 Å². The first-order valence-corrected chi connectivity index (χ1v) is 10.6. The normalized spacial score (nSPS) is 14.0. The van der Waals surface area contributed by atoms with Crippen molar-refractivity contribution in [2.45, 2.75) is 19.8 Å². The third-order valence-corrected chi connectivity index (χ3v) is 5.18. The topological polar surface area (TPSA) is 76.2 Å². The number of amides is 2. The van der Waals surface area contributed by atoms with E-state index in [4.69, 9.17) is 21.1 Å². The van der Waals surface area contributed by atoms with E-state index in [1.807, 2.05) is 12.1 Å². The second kappa shape index (κ2) is 10.8. The molecule has 31 heavy (non-hydrogen) atoms. The molecule has 8 heteroatoms. The second-order valence-electron chi connectivity index (χ2n) is 7.14. The van der Waals surface area contributed by atoms with E-state index >= 15 is 0 Å². The van der Waals surface area contributed by atoms with Crippen LogP contribution in [0.4, 0.5) is 4.79 Å². The molecule has 0 radical (unpaired) electrons. The molecular formula is C23H25ClN2O5. The number of hydrogen-bond donors (Lipinski definition) is 0. The number of halogens is 1. The molecule has 2 amide bonds. The highest BCUT2D eigenvalue weighted by Crippen LogP contribution is 2.17. The molecule has 0 aliphatic carbocycles. The number of carbonyl (C=O) groups excluding carboxylic acids is 3. The third kappa shape index (κ3) is 6.46. The summed E-state index contributed by atoms with van der Waals surface area (Å²) in [5.74, 6) is 0.215. The quantitative estimate of drug-likeness (QED) is 0.518. The van der Waals surface area contributed by atoms with Gasteiger partial charge in [0.15, 0.2) is 0 Å². The molecule has 2 aromatic rings. The summed E-state index contributed by atoms with van der Waals surface area (Å²) in [5.41, 5.74) is 1.37. The Morgan fingerprint density at radius 1 is 0.968 bits per heavy atom. The van der Waals surface area contributed by atoms with Crippen molar-refractivity contribution >= 4 is 29.6 Å².